The molecule has 0 radical (unpaired) electrons. The van der Waals surface area contributed by atoms with Gasteiger partial charge in [0.15, 0.2) is 0 Å². The van der Waals surface area contributed by atoms with Crippen LogP contribution in [0, 0.1) is 16.7 Å². The fourth-order valence-electron chi connectivity index (χ4n) is 1.75. The van der Waals surface area contributed by atoms with Crippen LogP contribution in [-0.2, 0) is 0 Å². The highest BCUT2D eigenvalue weighted by Gasteiger charge is 2.22. The van der Waals surface area contributed by atoms with Crippen molar-refractivity contribution in [1.82, 2.24) is 0 Å². The van der Waals surface area contributed by atoms with Crippen molar-refractivity contribution in [3.05, 3.63) is 0 Å². The van der Waals surface area contributed by atoms with Gasteiger partial charge in [0, 0.05) is 6.04 Å². The highest BCUT2D eigenvalue weighted by Crippen LogP contribution is 2.22. The first-order valence-corrected chi connectivity index (χ1v) is 6.67. The average molecular weight is 229 g/mol. The van der Waals surface area contributed by atoms with Crippen LogP contribution in [0.15, 0.2) is 0 Å². The molecule has 0 aliphatic rings. The Morgan fingerprint density at radius 2 is 1.31 bits per heavy atom. The number of rotatable bonds is 2. The van der Waals surface area contributed by atoms with E-state index in [2.05, 4.69) is 62.3 Å². The quantitative estimate of drug-likeness (QED) is 0.720. The summed E-state index contributed by atoms with van der Waals surface area (Å²) in [5.41, 5.74) is 6.70. The fraction of sp³-hybridized carbons (Fsp3) is 1.00. The summed E-state index contributed by atoms with van der Waals surface area (Å²) in [7, 11) is 0. The van der Waals surface area contributed by atoms with Crippen molar-refractivity contribution in [2.24, 2.45) is 22.5 Å². The summed E-state index contributed by atoms with van der Waals surface area (Å²) in [6.45, 7) is 19.9. The van der Waals surface area contributed by atoms with E-state index in [0.717, 1.165) is 0 Å². The van der Waals surface area contributed by atoms with Crippen molar-refractivity contribution in [2.45, 2.75) is 81.2 Å². The molecule has 0 fully saturated rings. The Bertz CT molecular complexity index is 157. The van der Waals surface area contributed by atoms with Gasteiger partial charge in [0.2, 0.25) is 0 Å². The minimum absolute atomic E-state index is 0.258. The molecular formula is C15H35N. The van der Waals surface area contributed by atoms with E-state index in [1.807, 2.05) is 0 Å². The van der Waals surface area contributed by atoms with Gasteiger partial charge in [-0.05, 0) is 23.2 Å². The van der Waals surface area contributed by atoms with E-state index >= 15 is 0 Å². The van der Waals surface area contributed by atoms with Crippen LogP contribution < -0.4 is 5.73 Å². The highest BCUT2D eigenvalue weighted by atomic mass is 14.7. The van der Waals surface area contributed by atoms with E-state index in [4.69, 9.17) is 5.73 Å². The maximum atomic E-state index is 5.89. The molecule has 16 heavy (non-hydrogen) atoms. The van der Waals surface area contributed by atoms with Crippen molar-refractivity contribution in [2.75, 3.05) is 0 Å². The van der Waals surface area contributed by atoms with Crippen molar-refractivity contribution in [3.8, 4) is 0 Å². The lowest BCUT2D eigenvalue weighted by molar-refractivity contribution is 0.260. The van der Waals surface area contributed by atoms with Gasteiger partial charge in [-0.1, -0.05) is 68.7 Å². The summed E-state index contributed by atoms with van der Waals surface area (Å²) >= 11 is 0. The maximum Gasteiger partial charge on any atom is 0.0111 e. The molecule has 1 heteroatoms. The van der Waals surface area contributed by atoms with Gasteiger partial charge in [-0.15, -0.1) is 0 Å². The number of hydrogen-bond donors (Lipinski definition) is 1. The average Bonchev–Trinajstić information content (AvgIpc) is 1.99. The Balaban J connectivity index is 0. The summed E-state index contributed by atoms with van der Waals surface area (Å²) < 4.78 is 0. The van der Waals surface area contributed by atoms with Crippen molar-refractivity contribution in [3.63, 3.8) is 0 Å². The molecule has 0 heterocycles. The van der Waals surface area contributed by atoms with Crippen LogP contribution in [0.25, 0.3) is 0 Å². The molecule has 0 spiro atoms. The lowest BCUT2D eigenvalue weighted by Crippen LogP contribution is -2.39. The Hall–Kier alpha value is -0.0400. The second kappa shape index (κ2) is 7.32. The van der Waals surface area contributed by atoms with Gasteiger partial charge in [0.25, 0.3) is 0 Å². The highest BCUT2D eigenvalue weighted by molar-refractivity contribution is 4.78. The van der Waals surface area contributed by atoms with E-state index in [9.17, 15) is 0 Å². The molecule has 0 saturated heterocycles. The third-order valence-corrected chi connectivity index (χ3v) is 2.72. The zero-order valence-electron chi connectivity index (χ0n) is 13.1. The standard InChI is InChI=1S/C8H19N.C7H16/c1-6(2)7(9)8(3,4)5;1-5-6-7(2,3)4/h6-7H,9H2,1-5H3;5-6H2,1-4H3. The van der Waals surface area contributed by atoms with Crippen LogP contribution in [0.5, 0.6) is 0 Å². The molecule has 0 aromatic rings. The predicted octanol–water partition coefficient (Wildman–Crippen LogP) is 4.85. The minimum atomic E-state index is 0.258. The lowest BCUT2D eigenvalue weighted by atomic mass is 9.81. The van der Waals surface area contributed by atoms with Crippen LogP contribution in [0.2, 0.25) is 0 Å². The normalized spacial score (nSPS) is 14.4. The van der Waals surface area contributed by atoms with Gasteiger partial charge in [0.1, 0.15) is 0 Å². The third kappa shape index (κ3) is 12.0. The zero-order chi connectivity index (χ0) is 13.6. The molecule has 1 nitrogen and oxygen atoms in total. The Morgan fingerprint density at radius 1 is 0.938 bits per heavy atom. The van der Waals surface area contributed by atoms with Crippen LogP contribution in [0.1, 0.15) is 75.2 Å². The zero-order valence-corrected chi connectivity index (χ0v) is 13.1. The molecule has 0 aromatic carbocycles. The summed E-state index contributed by atoms with van der Waals surface area (Å²) in [5.74, 6) is 0.588. The van der Waals surface area contributed by atoms with Crippen LogP contribution >= 0.6 is 0 Å². The van der Waals surface area contributed by atoms with Gasteiger partial charge in [-0.3, -0.25) is 0 Å². The molecule has 0 bridgehead atoms. The summed E-state index contributed by atoms with van der Waals surface area (Å²) in [6, 6.07) is 0.317. The van der Waals surface area contributed by atoms with Crippen molar-refractivity contribution < 1.29 is 0 Å². The minimum Gasteiger partial charge on any atom is -0.327 e. The van der Waals surface area contributed by atoms with Crippen LogP contribution in [0.3, 0.4) is 0 Å². The Kier molecular flexibility index (Phi) is 8.38. The number of hydrogen-bond acceptors (Lipinski definition) is 1. The van der Waals surface area contributed by atoms with Gasteiger partial charge in [-0.2, -0.15) is 0 Å². The molecule has 0 aliphatic heterocycles. The van der Waals surface area contributed by atoms with E-state index in [-0.39, 0.29) is 5.41 Å². The first-order chi connectivity index (χ1) is 6.91. The maximum absolute atomic E-state index is 5.89. The molecule has 0 saturated carbocycles. The summed E-state index contributed by atoms with van der Waals surface area (Å²) in [4.78, 5) is 0. The van der Waals surface area contributed by atoms with Gasteiger partial charge in [-0.25, -0.2) is 0 Å². The SMILES string of the molecule is CC(C)C(N)C(C)(C)C.CCCC(C)(C)C. The topological polar surface area (TPSA) is 26.0 Å². The second-order valence-electron chi connectivity index (χ2n) is 7.45. The first-order valence-electron chi connectivity index (χ1n) is 6.67. The van der Waals surface area contributed by atoms with Gasteiger partial charge >= 0.3 is 0 Å². The second-order valence-corrected chi connectivity index (χ2v) is 7.45. The van der Waals surface area contributed by atoms with Crippen LogP contribution in [-0.4, -0.2) is 6.04 Å². The van der Waals surface area contributed by atoms with Gasteiger partial charge < -0.3 is 5.73 Å². The smallest absolute Gasteiger partial charge is 0.0111 e. The van der Waals surface area contributed by atoms with E-state index in [1.54, 1.807) is 0 Å². The monoisotopic (exact) mass is 229 g/mol. The molecule has 0 rings (SSSR count). The van der Waals surface area contributed by atoms with Crippen molar-refractivity contribution >= 4 is 0 Å². The third-order valence-electron chi connectivity index (χ3n) is 2.72. The fourth-order valence-corrected chi connectivity index (χ4v) is 1.75. The Morgan fingerprint density at radius 3 is 1.31 bits per heavy atom. The molecule has 0 aromatic heterocycles. The number of nitrogens with two attached hydrogens (primary N) is 1. The van der Waals surface area contributed by atoms with E-state index in [0.29, 0.717) is 17.4 Å². The van der Waals surface area contributed by atoms with E-state index in [1.165, 1.54) is 12.8 Å². The van der Waals surface area contributed by atoms with Crippen molar-refractivity contribution in [1.29, 1.82) is 0 Å². The van der Waals surface area contributed by atoms with E-state index < -0.39 is 0 Å². The largest absolute Gasteiger partial charge is 0.327 e. The molecule has 1 unspecified atom stereocenters. The molecule has 0 amide bonds. The molecule has 0 aliphatic carbocycles. The summed E-state index contributed by atoms with van der Waals surface area (Å²) in [6.07, 6.45) is 2.65. The molecule has 100 valence electrons. The predicted molar refractivity (Wildman–Crippen MR) is 76.6 cm³/mol. The Labute approximate surface area is 104 Å². The first kappa shape index (κ1) is 18.3. The molecule has 2 N–H and O–H groups in total. The lowest BCUT2D eigenvalue weighted by Gasteiger charge is -2.30. The summed E-state index contributed by atoms with van der Waals surface area (Å²) in [5, 5.41) is 0. The molecule has 1 atom stereocenters. The van der Waals surface area contributed by atoms with Gasteiger partial charge in [0.05, 0.1) is 0 Å². The molecular weight excluding hydrogens is 194 g/mol. The van der Waals surface area contributed by atoms with Crippen LogP contribution in [0.4, 0.5) is 0 Å².